The fourth-order valence-corrected chi connectivity index (χ4v) is 0.263. The van der Waals surface area contributed by atoms with Crippen molar-refractivity contribution in [2.45, 2.75) is 18.2 Å². The monoisotopic (exact) mass is 158 g/mol. The molecule has 0 aromatic rings. The average Bonchev–Trinajstić information content (AvgIpc) is 1.65. The van der Waals surface area contributed by atoms with Gasteiger partial charge in [-0.05, 0) is 6.92 Å². The quantitative estimate of drug-likeness (QED) is 0.616. The molecule has 0 fully saturated rings. The number of hydrogen-bond donors (Lipinski definition) is 1. The highest BCUT2D eigenvalue weighted by molar-refractivity contribution is 6.22. The van der Waals surface area contributed by atoms with Gasteiger partial charge < -0.3 is 5.11 Å². The molecule has 0 aromatic heterocycles. The van der Waals surface area contributed by atoms with Crippen molar-refractivity contribution in [2.75, 3.05) is 0 Å². The van der Waals surface area contributed by atoms with Gasteiger partial charge in [0.25, 0.3) is 0 Å². The van der Waals surface area contributed by atoms with E-state index in [0.717, 1.165) is 6.92 Å². The summed E-state index contributed by atoms with van der Waals surface area (Å²) in [4.78, 5) is 9.63. The Morgan fingerprint density at radius 1 is 1.78 bits per heavy atom. The van der Waals surface area contributed by atoms with Gasteiger partial charge in [0.1, 0.15) is 5.38 Å². The van der Waals surface area contributed by atoms with Gasteiger partial charge in [-0.2, -0.15) is 8.78 Å². The predicted octanol–water partition coefficient (Wildman–Crippen LogP) is 1.33. The first-order valence-electron chi connectivity index (χ1n) is 2.14. The first kappa shape index (κ1) is 8.62. The van der Waals surface area contributed by atoms with Crippen LogP contribution in [0.25, 0.3) is 0 Å². The van der Waals surface area contributed by atoms with E-state index in [4.69, 9.17) is 16.7 Å². The SMILES string of the molecule is CC(Cl)C(F)(F)C(=O)O. The molecule has 0 spiro atoms. The van der Waals surface area contributed by atoms with Gasteiger partial charge in [-0.15, -0.1) is 11.6 Å². The molecule has 1 unspecified atom stereocenters. The van der Waals surface area contributed by atoms with Crippen LogP contribution in [-0.2, 0) is 4.79 Å². The Balaban J connectivity index is 4.19. The second kappa shape index (κ2) is 2.47. The van der Waals surface area contributed by atoms with Crippen LogP contribution in [0.1, 0.15) is 6.92 Å². The average molecular weight is 159 g/mol. The van der Waals surface area contributed by atoms with E-state index in [9.17, 15) is 13.6 Å². The minimum Gasteiger partial charge on any atom is -0.477 e. The molecule has 0 radical (unpaired) electrons. The van der Waals surface area contributed by atoms with E-state index in [1.807, 2.05) is 0 Å². The summed E-state index contributed by atoms with van der Waals surface area (Å²) in [7, 11) is 0. The minimum atomic E-state index is -3.82. The van der Waals surface area contributed by atoms with Crippen LogP contribution in [0.5, 0.6) is 0 Å². The fraction of sp³-hybridized carbons (Fsp3) is 0.750. The number of aliphatic carboxylic acids is 1. The van der Waals surface area contributed by atoms with Crippen LogP contribution in [0.15, 0.2) is 0 Å². The van der Waals surface area contributed by atoms with Gasteiger partial charge in [0.2, 0.25) is 0 Å². The third-order valence-corrected chi connectivity index (χ3v) is 1.06. The normalized spacial score (nSPS) is 15.1. The molecule has 0 saturated heterocycles. The minimum absolute atomic E-state index is 0.926. The highest BCUT2D eigenvalue weighted by atomic mass is 35.5. The maximum absolute atomic E-state index is 11.9. The van der Waals surface area contributed by atoms with E-state index in [2.05, 4.69) is 0 Å². The van der Waals surface area contributed by atoms with Crippen molar-refractivity contribution < 1.29 is 18.7 Å². The number of halogens is 3. The smallest absolute Gasteiger partial charge is 0.376 e. The van der Waals surface area contributed by atoms with Crippen molar-refractivity contribution >= 4 is 17.6 Å². The topological polar surface area (TPSA) is 37.3 Å². The zero-order valence-corrected chi connectivity index (χ0v) is 5.32. The third kappa shape index (κ3) is 1.78. The molecule has 5 heteroatoms. The third-order valence-electron chi connectivity index (χ3n) is 0.785. The van der Waals surface area contributed by atoms with E-state index in [0.29, 0.717) is 0 Å². The Kier molecular flexibility index (Phi) is 2.37. The molecule has 0 bridgehead atoms. The van der Waals surface area contributed by atoms with Crippen molar-refractivity contribution in [1.29, 1.82) is 0 Å². The number of carboxylic acid groups (broad SMARTS) is 1. The second-order valence-electron chi connectivity index (χ2n) is 1.54. The Morgan fingerprint density at radius 2 is 2.11 bits per heavy atom. The molecule has 0 aliphatic carbocycles. The summed E-state index contributed by atoms with van der Waals surface area (Å²) in [5, 5.41) is 6.11. The van der Waals surface area contributed by atoms with E-state index in [1.54, 1.807) is 0 Å². The van der Waals surface area contributed by atoms with E-state index in [1.165, 1.54) is 0 Å². The van der Waals surface area contributed by atoms with Crippen molar-refractivity contribution in [3.05, 3.63) is 0 Å². The highest BCUT2D eigenvalue weighted by Gasteiger charge is 2.43. The lowest BCUT2D eigenvalue weighted by Gasteiger charge is -2.11. The number of carbonyl (C=O) groups is 1. The fourth-order valence-electron chi connectivity index (χ4n) is 0.170. The highest BCUT2D eigenvalue weighted by Crippen LogP contribution is 2.22. The summed E-state index contributed by atoms with van der Waals surface area (Å²) >= 11 is 4.83. The number of alkyl halides is 3. The van der Waals surface area contributed by atoms with Crippen LogP contribution < -0.4 is 0 Å². The second-order valence-corrected chi connectivity index (χ2v) is 2.20. The molecule has 0 heterocycles. The molecule has 0 amide bonds. The molecule has 0 saturated carbocycles. The summed E-state index contributed by atoms with van der Waals surface area (Å²) in [6.45, 7) is 0.926. The van der Waals surface area contributed by atoms with Crippen LogP contribution in [0.4, 0.5) is 8.78 Å². The standard InChI is InChI=1S/C4H5ClF2O2/c1-2(5)4(6,7)3(8)9/h2H,1H3,(H,8,9). The van der Waals surface area contributed by atoms with Crippen molar-refractivity contribution in [3.63, 3.8) is 0 Å². The van der Waals surface area contributed by atoms with Crippen LogP contribution >= 0.6 is 11.6 Å². The first-order valence-corrected chi connectivity index (χ1v) is 2.58. The number of hydrogen-bond acceptors (Lipinski definition) is 1. The van der Waals surface area contributed by atoms with Crippen LogP contribution in [-0.4, -0.2) is 22.4 Å². The zero-order valence-electron chi connectivity index (χ0n) is 4.57. The van der Waals surface area contributed by atoms with Gasteiger partial charge in [0.05, 0.1) is 0 Å². The molecule has 2 nitrogen and oxygen atoms in total. The Hall–Kier alpha value is -0.380. The van der Waals surface area contributed by atoms with Gasteiger partial charge in [-0.25, -0.2) is 4.79 Å². The molecule has 54 valence electrons. The summed E-state index contributed by atoms with van der Waals surface area (Å²) in [5.41, 5.74) is 0. The number of rotatable bonds is 2. The van der Waals surface area contributed by atoms with Gasteiger partial charge in [-0.3, -0.25) is 0 Å². The Bertz CT molecular complexity index is 124. The van der Waals surface area contributed by atoms with Crippen molar-refractivity contribution in [3.8, 4) is 0 Å². The molecule has 0 aliphatic heterocycles. The lowest BCUT2D eigenvalue weighted by Crippen LogP contribution is -2.36. The summed E-state index contributed by atoms with van der Waals surface area (Å²) in [6, 6.07) is 0. The summed E-state index contributed by atoms with van der Waals surface area (Å²) in [6.07, 6.45) is 0. The molecular weight excluding hydrogens is 153 g/mol. The van der Waals surface area contributed by atoms with Crippen LogP contribution in [0.3, 0.4) is 0 Å². The molecular formula is C4H5ClF2O2. The Morgan fingerprint density at radius 3 is 2.11 bits per heavy atom. The molecule has 0 aliphatic rings. The van der Waals surface area contributed by atoms with E-state index < -0.39 is 17.3 Å². The van der Waals surface area contributed by atoms with Crippen LogP contribution in [0, 0.1) is 0 Å². The summed E-state index contributed by atoms with van der Waals surface area (Å²) < 4.78 is 23.9. The number of carboxylic acids is 1. The lowest BCUT2D eigenvalue weighted by molar-refractivity contribution is -0.164. The van der Waals surface area contributed by atoms with E-state index in [-0.39, 0.29) is 0 Å². The molecule has 1 N–H and O–H groups in total. The van der Waals surface area contributed by atoms with Crippen molar-refractivity contribution in [2.24, 2.45) is 0 Å². The molecule has 0 aromatic carbocycles. The predicted molar refractivity (Wildman–Crippen MR) is 27.9 cm³/mol. The van der Waals surface area contributed by atoms with Crippen LogP contribution in [0.2, 0.25) is 0 Å². The van der Waals surface area contributed by atoms with Gasteiger partial charge in [0, 0.05) is 0 Å². The van der Waals surface area contributed by atoms with Gasteiger partial charge in [0.15, 0.2) is 0 Å². The van der Waals surface area contributed by atoms with Gasteiger partial charge >= 0.3 is 11.9 Å². The largest absolute Gasteiger partial charge is 0.477 e. The molecule has 0 rings (SSSR count). The maximum Gasteiger partial charge on any atom is 0.376 e. The first-order chi connectivity index (χ1) is 3.89. The maximum atomic E-state index is 11.9. The lowest BCUT2D eigenvalue weighted by atomic mass is 10.3. The summed E-state index contributed by atoms with van der Waals surface area (Å²) in [5.74, 6) is -6.01. The zero-order chi connectivity index (χ0) is 7.65. The molecule has 9 heavy (non-hydrogen) atoms. The van der Waals surface area contributed by atoms with Crippen molar-refractivity contribution in [1.82, 2.24) is 0 Å². The molecule has 1 atom stereocenters. The van der Waals surface area contributed by atoms with E-state index >= 15 is 0 Å². The van der Waals surface area contributed by atoms with Gasteiger partial charge in [-0.1, -0.05) is 0 Å². The Labute approximate surface area is 55.4 Å².